The minimum Gasteiger partial charge on any atom is -0.336 e. The second-order valence-corrected chi connectivity index (χ2v) is 6.08. The highest BCUT2D eigenvalue weighted by Crippen LogP contribution is 2.23. The molecule has 0 saturated carbocycles. The summed E-state index contributed by atoms with van der Waals surface area (Å²) >= 11 is 5.91. The molecule has 1 amide bonds. The van der Waals surface area contributed by atoms with Gasteiger partial charge >= 0.3 is 0 Å². The third-order valence-corrected chi connectivity index (χ3v) is 4.45. The summed E-state index contributed by atoms with van der Waals surface area (Å²) in [6, 6.07) is 12.8. The van der Waals surface area contributed by atoms with Gasteiger partial charge in [-0.05, 0) is 29.8 Å². The number of hydrogen-bond acceptors (Lipinski definition) is 4. The van der Waals surface area contributed by atoms with Crippen LogP contribution in [0.15, 0.2) is 48.8 Å². The molecule has 0 aliphatic carbocycles. The van der Waals surface area contributed by atoms with E-state index in [-0.39, 0.29) is 11.9 Å². The normalized spacial score (nSPS) is 16.4. The van der Waals surface area contributed by atoms with Crippen molar-refractivity contribution in [1.29, 1.82) is 5.26 Å². The molecule has 1 aliphatic rings. The van der Waals surface area contributed by atoms with Crippen LogP contribution in [-0.2, 0) is 0 Å². The maximum Gasteiger partial charge on any atom is 0.254 e. The molecule has 1 fully saturated rings. The average molecular weight is 341 g/mol. The van der Waals surface area contributed by atoms with Gasteiger partial charge in [0.2, 0.25) is 0 Å². The highest BCUT2D eigenvalue weighted by molar-refractivity contribution is 6.30. The van der Waals surface area contributed by atoms with Crippen LogP contribution < -0.4 is 0 Å². The molecule has 122 valence electrons. The fourth-order valence-corrected chi connectivity index (χ4v) is 3.00. The lowest BCUT2D eigenvalue weighted by molar-refractivity contribution is 0.0606. The second-order valence-electron chi connectivity index (χ2n) is 5.65. The Morgan fingerprint density at radius 1 is 1.08 bits per heavy atom. The highest BCUT2D eigenvalue weighted by atomic mass is 35.5. The molecular formula is C18H17ClN4O. The predicted octanol–water partition coefficient (Wildman–Crippen LogP) is 2.76. The molecular weight excluding hydrogens is 324 g/mol. The first-order chi connectivity index (χ1) is 11.7. The molecule has 3 rings (SSSR count). The Kier molecular flexibility index (Phi) is 5.09. The Balaban J connectivity index is 1.65. The van der Waals surface area contributed by atoms with Crippen molar-refractivity contribution >= 4 is 17.5 Å². The van der Waals surface area contributed by atoms with Gasteiger partial charge in [0, 0.05) is 49.2 Å². The van der Waals surface area contributed by atoms with Crippen LogP contribution in [0.4, 0.5) is 0 Å². The molecule has 2 aromatic rings. The van der Waals surface area contributed by atoms with E-state index in [1.54, 1.807) is 36.7 Å². The summed E-state index contributed by atoms with van der Waals surface area (Å²) in [4.78, 5) is 20.3. The Bertz CT molecular complexity index is 734. The molecule has 1 saturated heterocycles. The van der Waals surface area contributed by atoms with Gasteiger partial charge in [0.05, 0.1) is 6.07 Å². The molecule has 0 radical (unpaired) electrons. The van der Waals surface area contributed by atoms with Crippen LogP contribution in [0.3, 0.4) is 0 Å². The van der Waals surface area contributed by atoms with Gasteiger partial charge in [-0.15, -0.1) is 0 Å². The Labute approximate surface area is 146 Å². The number of carbonyl (C=O) groups is 1. The monoisotopic (exact) mass is 340 g/mol. The van der Waals surface area contributed by atoms with E-state index in [2.05, 4.69) is 16.0 Å². The Morgan fingerprint density at radius 3 is 2.29 bits per heavy atom. The van der Waals surface area contributed by atoms with E-state index >= 15 is 0 Å². The third-order valence-electron chi connectivity index (χ3n) is 4.20. The van der Waals surface area contributed by atoms with Gasteiger partial charge in [0.1, 0.15) is 6.04 Å². The van der Waals surface area contributed by atoms with Gasteiger partial charge in [-0.3, -0.25) is 14.7 Å². The van der Waals surface area contributed by atoms with E-state index in [0.717, 1.165) is 5.56 Å². The first kappa shape index (κ1) is 16.4. The lowest BCUT2D eigenvalue weighted by Crippen LogP contribution is -2.49. The van der Waals surface area contributed by atoms with E-state index < -0.39 is 0 Å². The van der Waals surface area contributed by atoms with Gasteiger partial charge in [-0.2, -0.15) is 5.26 Å². The number of nitrogens with zero attached hydrogens (tertiary/aromatic N) is 4. The van der Waals surface area contributed by atoms with Crippen molar-refractivity contribution in [2.24, 2.45) is 0 Å². The number of aromatic nitrogens is 1. The maximum atomic E-state index is 12.5. The smallest absolute Gasteiger partial charge is 0.254 e. The molecule has 1 aromatic carbocycles. The van der Waals surface area contributed by atoms with Crippen molar-refractivity contribution in [3.05, 3.63) is 64.9 Å². The molecule has 1 atom stereocenters. The van der Waals surface area contributed by atoms with Crippen molar-refractivity contribution in [3.8, 4) is 6.07 Å². The fraction of sp³-hybridized carbons (Fsp3) is 0.278. The first-order valence-corrected chi connectivity index (χ1v) is 8.15. The predicted molar refractivity (Wildman–Crippen MR) is 91.5 cm³/mol. The van der Waals surface area contributed by atoms with Crippen LogP contribution in [0.2, 0.25) is 5.02 Å². The summed E-state index contributed by atoms with van der Waals surface area (Å²) in [5, 5.41) is 10.2. The zero-order valence-electron chi connectivity index (χ0n) is 13.1. The van der Waals surface area contributed by atoms with Crippen LogP contribution in [0, 0.1) is 11.3 Å². The number of pyridine rings is 1. The summed E-state index contributed by atoms with van der Waals surface area (Å²) in [5.74, 6) is 0.0112. The summed E-state index contributed by atoms with van der Waals surface area (Å²) in [7, 11) is 0. The second kappa shape index (κ2) is 7.43. The van der Waals surface area contributed by atoms with E-state index in [1.807, 2.05) is 17.0 Å². The first-order valence-electron chi connectivity index (χ1n) is 7.77. The van der Waals surface area contributed by atoms with Crippen molar-refractivity contribution < 1.29 is 4.79 Å². The standard InChI is InChI=1S/C18H17ClN4O/c19-16-3-1-14(2-4-16)17(13-20)22-9-11-23(12-10-22)18(24)15-5-7-21-8-6-15/h1-8,17H,9-12H2. The number of benzene rings is 1. The number of nitriles is 1. The summed E-state index contributed by atoms with van der Waals surface area (Å²) < 4.78 is 0. The van der Waals surface area contributed by atoms with E-state index in [1.165, 1.54) is 0 Å². The van der Waals surface area contributed by atoms with Crippen molar-refractivity contribution in [2.45, 2.75) is 6.04 Å². The number of piperazine rings is 1. The van der Waals surface area contributed by atoms with Gasteiger partial charge in [-0.25, -0.2) is 0 Å². The van der Waals surface area contributed by atoms with Crippen molar-refractivity contribution in [3.63, 3.8) is 0 Å². The quantitative estimate of drug-likeness (QED) is 0.862. The van der Waals surface area contributed by atoms with E-state index in [9.17, 15) is 10.1 Å². The minimum absolute atomic E-state index is 0.0112. The molecule has 2 heterocycles. The Morgan fingerprint density at radius 2 is 1.71 bits per heavy atom. The topological polar surface area (TPSA) is 60.2 Å². The largest absolute Gasteiger partial charge is 0.336 e. The van der Waals surface area contributed by atoms with Crippen LogP contribution >= 0.6 is 11.6 Å². The molecule has 5 nitrogen and oxygen atoms in total. The summed E-state index contributed by atoms with van der Waals surface area (Å²) in [5.41, 5.74) is 1.57. The third kappa shape index (κ3) is 3.56. The summed E-state index contributed by atoms with van der Waals surface area (Å²) in [6.45, 7) is 2.54. The minimum atomic E-state index is -0.319. The molecule has 1 aromatic heterocycles. The van der Waals surface area contributed by atoms with E-state index in [0.29, 0.717) is 36.8 Å². The highest BCUT2D eigenvalue weighted by Gasteiger charge is 2.27. The SMILES string of the molecule is N#CC(c1ccc(Cl)cc1)N1CCN(C(=O)c2ccncc2)CC1. The average Bonchev–Trinajstić information content (AvgIpc) is 2.64. The van der Waals surface area contributed by atoms with Crippen LogP contribution in [0.25, 0.3) is 0 Å². The molecule has 0 N–H and O–H groups in total. The molecule has 1 unspecified atom stereocenters. The van der Waals surface area contributed by atoms with Crippen LogP contribution in [0.5, 0.6) is 0 Å². The van der Waals surface area contributed by atoms with Gasteiger partial charge in [0.15, 0.2) is 0 Å². The number of amides is 1. The summed E-state index contributed by atoms with van der Waals surface area (Å²) in [6.07, 6.45) is 3.24. The maximum absolute atomic E-state index is 12.5. The molecule has 6 heteroatoms. The molecule has 24 heavy (non-hydrogen) atoms. The van der Waals surface area contributed by atoms with Crippen LogP contribution in [0.1, 0.15) is 22.0 Å². The lowest BCUT2D eigenvalue weighted by atomic mass is 10.1. The number of hydrogen-bond donors (Lipinski definition) is 0. The number of halogens is 1. The van der Waals surface area contributed by atoms with E-state index in [4.69, 9.17) is 11.6 Å². The van der Waals surface area contributed by atoms with Gasteiger partial charge in [0.25, 0.3) is 5.91 Å². The fourth-order valence-electron chi connectivity index (χ4n) is 2.87. The lowest BCUT2D eigenvalue weighted by Gasteiger charge is -2.37. The zero-order valence-corrected chi connectivity index (χ0v) is 13.9. The van der Waals surface area contributed by atoms with Crippen molar-refractivity contribution in [2.75, 3.05) is 26.2 Å². The number of rotatable bonds is 3. The van der Waals surface area contributed by atoms with Gasteiger partial charge < -0.3 is 4.90 Å². The molecule has 1 aliphatic heterocycles. The zero-order chi connectivity index (χ0) is 16.9. The van der Waals surface area contributed by atoms with Crippen LogP contribution in [-0.4, -0.2) is 46.9 Å². The molecule has 0 bridgehead atoms. The number of carbonyl (C=O) groups excluding carboxylic acids is 1. The Hall–Kier alpha value is -2.42. The molecule has 0 spiro atoms. The van der Waals surface area contributed by atoms with Crippen molar-refractivity contribution in [1.82, 2.24) is 14.8 Å². The van der Waals surface area contributed by atoms with Gasteiger partial charge in [-0.1, -0.05) is 23.7 Å².